The van der Waals surface area contributed by atoms with Gasteiger partial charge in [-0.3, -0.25) is 9.69 Å². The molecule has 0 bridgehead atoms. The zero-order valence-electron chi connectivity index (χ0n) is 18.7. The fraction of sp³-hybridized carbons (Fsp3) is 0.417. The maximum atomic E-state index is 13.1. The molecule has 1 saturated heterocycles. The summed E-state index contributed by atoms with van der Waals surface area (Å²) >= 11 is 0. The monoisotopic (exact) mass is 434 g/mol. The number of piperazine rings is 1. The van der Waals surface area contributed by atoms with Gasteiger partial charge in [-0.2, -0.15) is 4.68 Å². The van der Waals surface area contributed by atoms with E-state index in [4.69, 9.17) is 4.74 Å². The summed E-state index contributed by atoms with van der Waals surface area (Å²) in [5.41, 5.74) is 1.99. The van der Waals surface area contributed by atoms with Crippen LogP contribution in [0.4, 0.5) is 0 Å². The average molecular weight is 435 g/mol. The molecule has 3 aromatic rings. The van der Waals surface area contributed by atoms with Crippen LogP contribution in [0.25, 0.3) is 5.69 Å². The Labute approximate surface area is 188 Å². The minimum Gasteiger partial charge on any atom is -0.494 e. The van der Waals surface area contributed by atoms with Crippen molar-refractivity contribution in [1.29, 1.82) is 0 Å². The Bertz CT molecular complexity index is 997. The Hall–Kier alpha value is -3.26. The van der Waals surface area contributed by atoms with E-state index in [0.29, 0.717) is 26.2 Å². The third-order valence-corrected chi connectivity index (χ3v) is 5.88. The van der Waals surface area contributed by atoms with Crippen molar-refractivity contribution in [2.45, 2.75) is 32.7 Å². The summed E-state index contributed by atoms with van der Waals surface area (Å²) in [6.07, 6.45) is 0.805. The van der Waals surface area contributed by atoms with Crippen molar-refractivity contribution in [3.63, 3.8) is 0 Å². The standard InChI is InChI=1S/C24H30N6O2/c1-3-22(19-8-6-5-7-9-19)24(31)29-16-14-28(15-17-29)18-23-25-26-27-30(23)20-10-12-21(13-11-20)32-4-2/h5-13,22H,3-4,14-18H2,1-2H3. The van der Waals surface area contributed by atoms with Crippen molar-refractivity contribution in [3.8, 4) is 11.4 Å². The van der Waals surface area contributed by atoms with Crippen molar-refractivity contribution in [2.75, 3.05) is 32.8 Å². The maximum absolute atomic E-state index is 13.1. The Morgan fingerprint density at radius 2 is 1.72 bits per heavy atom. The number of nitrogens with zero attached hydrogens (tertiary/aromatic N) is 6. The van der Waals surface area contributed by atoms with Crippen molar-refractivity contribution in [3.05, 3.63) is 66.0 Å². The summed E-state index contributed by atoms with van der Waals surface area (Å²) in [6, 6.07) is 17.8. The lowest BCUT2D eigenvalue weighted by Crippen LogP contribution is -2.49. The third-order valence-electron chi connectivity index (χ3n) is 5.88. The van der Waals surface area contributed by atoms with Crippen molar-refractivity contribution in [1.82, 2.24) is 30.0 Å². The van der Waals surface area contributed by atoms with Gasteiger partial charge in [0.15, 0.2) is 5.82 Å². The van der Waals surface area contributed by atoms with E-state index in [0.717, 1.165) is 42.3 Å². The van der Waals surface area contributed by atoms with Gasteiger partial charge in [0, 0.05) is 26.2 Å². The van der Waals surface area contributed by atoms with Crippen LogP contribution in [-0.2, 0) is 11.3 Å². The number of amides is 1. The van der Waals surface area contributed by atoms with E-state index in [1.165, 1.54) is 0 Å². The first-order valence-corrected chi connectivity index (χ1v) is 11.3. The number of hydrogen-bond donors (Lipinski definition) is 0. The van der Waals surface area contributed by atoms with Crippen LogP contribution in [0.3, 0.4) is 0 Å². The fourth-order valence-electron chi connectivity index (χ4n) is 4.14. The largest absolute Gasteiger partial charge is 0.494 e. The highest BCUT2D eigenvalue weighted by Crippen LogP contribution is 2.23. The molecular weight excluding hydrogens is 404 g/mol. The second-order valence-electron chi connectivity index (χ2n) is 7.91. The predicted molar refractivity (Wildman–Crippen MR) is 122 cm³/mol. The highest BCUT2D eigenvalue weighted by Gasteiger charge is 2.28. The molecule has 1 fully saturated rings. The number of carbonyl (C=O) groups excluding carboxylic acids is 1. The summed E-state index contributed by atoms with van der Waals surface area (Å²) < 4.78 is 7.27. The number of aromatic nitrogens is 4. The van der Waals surface area contributed by atoms with Gasteiger partial charge in [0.2, 0.25) is 5.91 Å². The van der Waals surface area contributed by atoms with E-state index >= 15 is 0 Å². The number of tetrazole rings is 1. The molecule has 168 valence electrons. The number of hydrogen-bond acceptors (Lipinski definition) is 6. The fourth-order valence-corrected chi connectivity index (χ4v) is 4.14. The minimum atomic E-state index is -0.0743. The topological polar surface area (TPSA) is 76.4 Å². The number of benzene rings is 2. The predicted octanol–water partition coefficient (Wildman–Crippen LogP) is 2.90. The van der Waals surface area contributed by atoms with Crippen LogP contribution in [-0.4, -0.2) is 68.7 Å². The van der Waals surface area contributed by atoms with Crippen molar-refractivity contribution < 1.29 is 9.53 Å². The van der Waals surface area contributed by atoms with Gasteiger partial charge in [0.1, 0.15) is 5.75 Å². The summed E-state index contributed by atoms with van der Waals surface area (Å²) in [4.78, 5) is 17.4. The molecule has 0 spiro atoms. The van der Waals surface area contributed by atoms with Crippen LogP contribution in [0.1, 0.15) is 37.6 Å². The van der Waals surface area contributed by atoms with Crippen LogP contribution < -0.4 is 4.74 Å². The Morgan fingerprint density at radius 1 is 1.00 bits per heavy atom. The molecule has 0 N–H and O–H groups in total. The number of ether oxygens (including phenoxy) is 1. The molecule has 4 rings (SSSR count). The van der Waals surface area contributed by atoms with Gasteiger partial charge in [0.25, 0.3) is 0 Å². The second kappa shape index (κ2) is 10.4. The van der Waals surface area contributed by atoms with E-state index in [1.54, 1.807) is 4.68 Å². The SMILES string of the molecule is CCOc1ccc(-n2nnnc2CN2CCN(C(=O)C(CC)c3ccccc3)CC2)cc1. The third kappa shape index (κ3) is 4.96. The van der Waals surface area contributed by atoms with Gasteiger partial charge >= 0.3 is 0 Å². The summed E-state index contributed by atoms with van der Waals surface area (Å²) in [6.45, 7) is 8.34. The van der Waals surface area contributed by atoms with Gasteiger partial charge in [-0.15, -0.1) is 5.10 Å². The summed E-state index contributed by atoms with van der Waals surface area (Å²) in [5.74, 6) is 1.75. The Balaban J connectivity index is 1.36. The van der Waals surface area contributed by atoms with E-state index in [-0.39, 0.29) is 11.8 Å². The van der Waals surface area contributed by atoms with E-state index in [2.05, 4.69) is 27.3 Å². The van der Waals surface area contributed by atoms with Gasteiger partial charge in [-0.25, -0.2) is 0 Å². The first kappa shape index (κ1) is 22.0. The molecule has 0 radical (unpaired) electrons. The van der Waals surface area contributed by atoms with Gasteiger partial charge in [-0.1, -0.05) is 37.3 Å². The van der Waals surface area contributed by atoms with E-state index in [1.807, 2.05) is 66.4 Å². The Kier molecular flexibility index (Phi) is 7.11. The summed E-state index contributed by atoms with van der Waals surface area (Å²) in [5, 5.41) is 12.3. The Morgan fingerprint density at radius 3 is 2.38 bits per heavy atom. The molecule has 1 aliphatic heterocycles. The molecule has 0 aliphatic carbocycles. The van der Waals surface area contributed by atoms with Gasteiger partial charge < -0.3 is 9.64 Å². The normalized spacial score (nSPS) is 15.5. The van der Waals surface area contributed by atoms with E-state index < -0.39 is 0 Å². The molecule has 0 saturated carbocycles. The molecule has 2 aromatic carbocycles. The van der Waals surface area contributed by atoms with E-state index in [9.17, 15) is 4.79 Å². The first-order chi connectivity index (χ1) is 15.7. The highest BCUT2D eigenvalue weighted by atomic mass is 16.5. The van der Waals surface area contributed by atoms with Gasteiger partial charge in [0.05, 0.1) is 24.8 Å². The molecule has 8 heteroatoms. The quantitative estimate of drug-likeness (QED) is 0.543. The van der Waals surface area contributed by atoms with Crippen LogP contribution in [0.5, 0.6) is 5.75 Å². The molecule has 32 heavy (non-hydrogen) atoms. The molecule has 1 atom stereocenters. The number of rotatable bonds is 8. The molecule has 8 nitrogen and oxygen atoms in total. The second-order valence-corrected chi connectivity index (χ2v) is 7.91. The number of carbonyl (C=O) groups is 1. The lowest BCUT2D eigenvalue weighted by Gasteiger charge is -2.36. The van der Waals surface area contributed by atoms with Crippen LogP contribution in [0.2, 0.25) is 0 Å². The molecule has 1 aliphatic rings. The summed E-state index contributed by atoms with van der Waals surface area (Å²) in [7, 11) is 0. The molecule has 2 heterocycles. The zero-order chi connectivity index (χ0) is 22.3. The van der Waals surface area contributed by atoms with Crippen LogP contribution >= 0.6 is 0 Å². The average Bonchev–Trinajstić information content (AvgIpc) is 3.29. The van der Waals surface area contributed by atoms with Crippen molar-refractivity contribution in [2.24, 2.45) is 0 Å². The van der Waals surface area contributed by atoms with Gasteiger partial charge in [-0.05, 0) is 53.6 Å². The zero-order valence-corrected chi connectivity index (χ0v) is 18.7. The maximum Gasteiger partial charge on any atom is 0.230 e. The smallest absolute Gasteiger partial charge is 0.230 e. The molecular formula is C24H30N6O2. The lowest BCUT2D eigenvalue weighted by atomic mass is 9.95. The highest BCUT2D eigenvalue weighted by molar-refractivity contribution is 5.83. The van der Waals surface area contributed by atoms with Crippen molar-refractivity contribution >= 4 is 5.91 Å². The molecule has 1 unspecified atom stereocenters. The molecule has 1 aromatic heterocycles. The minimum absolute atomic E-state index is 0.0743. The molecule has 1 amide bonds. The van der Waals surface area contributed by atoms with Crippen LogP contribution in [0.15, 0.2) is 54.6 Å². The lowest BCUT2D eigenvalue weighted by molar-refractivity contribution is -0.134. The first-order valence-electron chi connectivity index (χ1n) is 11.3. The van der Waals surface area contributed by atoms with Crippen LogP contribution in [0, 0.1) is 0 Å².